The van der Waals surface area contributed by atoms with Crippen LogP contribution >= 0.6 is 0 Å². The summed E-state index contributed by atoms with van der Waals surface area (Å²) >= 11 is 0. The maximum atomic E-state index is 14.2. The molecule has 276 valence electrons. The third kappa shape index (κ3) is 9.03. The van der Waals surface area contributed by atoms with Crippen LogP contribution in [0.4, 0.5) is 0 Å². The smallest absolute Gasteiger partial charge is 0.330 e. The number of carbonyl (C=O) groups excluding carboxylic acids is 2. The first kappa shape index (κ1) is 38.8. The number of ether oxygens (including phenoxy) is 3. The van der Waals surface area contributed by atoms with E-state index in [0.717, 1.165) is 42.5 Å². The summed E-state index contributed by atoms with van der Waals surface area (Å²) < 4.78 is 18.6. The molecule has 3 aliphatic rings. The quantitative estimate of drug-likeness (QED) is 0.0914. The summed E-state index contributed by atoms with van der Waals surface area (Å²) in [5.41, 5.74) is 4.17. The second-order valence-electron chi connectivity index (χ2n) is 13.0. The summed E-state index contributed by atoms with van der Waals surface area (Å²) in [6.07, 6.45) is -2.04. The number of nitrogens with zero attached hydrogens (tertiary/aromatic N) is 3. The molecule has 2 fully saturated rings. The lowest BCUT2D eigenvalue weighted by molar-refractivity contribution is -0.232. The number of likely N-dealkylation sites (N-methyl/N-ethyl adjacent to an activating group) is 2. The lowest BCUT2D eigenvalue weighted by atomic mass is 9.97. The van der Waals surface area contributed by atoms with Crippen molar-refractivity contribution >= 4 is 11.8 Å². The predicted octanol–water partition coefficient (Wildman–Crippen LogP) is -2.14. The third-order valence-electron chi connectivity index (χ3n) is 9.42. The molecule has 0 saturated carbocycles. The zero-order chi connectivity index (χ0) is 35.8. The number of aromatic nitrogens is 2. The fourth-order valence-electron chi connectivity index (χ4n) is 6.50. The molecule has 0 aromatic carbocycles. The van der Waals surface area contributed by atoms with E-state index < -0.39 is 84.4 Å². The molecule has 10 atom stereocenters. The Morgan fingerprint density at radius 3 is 2.31 bits per heavy atom. The van der Waals surface area contributed by atoms with Gasteiger partial charge in [0.1, 0.15) is 54.5 Å². The van der Waals surface area contributed by atoms with Gasteiger partial charge in [0, 0.05) is 38.9 Å². The van der Waals surface area contributed by atoms with E-state index in [-0.39, 0.29) is 18.8 Å². The number of aliphatic hydroxyl groups is 4. The maximum absolute atomic E-state index is 14.2. The Morgan fingerprint density at radius 2 is 1.67 bits per heavy atom. The summed E-state index contributed by atoms with van der Waals surface area (Å²) in [6.45, 7) is 2.52. The maximum Gasteiger partial charge on any atom is 0.330 e. The standard InChI is InChI=1S/C32H52N6O11/c1-4-5-6-7-8-9-10-11-14-34-28(44)18-12-15-36(2)21(29(45)37(18)3)26(49-31-25(43)22(40)19(17-33)47-31)27-23(41)24(42)30(48-27)38-16-13-20(39)35-32(38)46/h12-13,16,19,21-27,30-31,40-43H,4-11,14-15,17,33H2,1-3H3,(H,34,44)(H,35,39,46)/t19?,21-,22?,23?,24?,25?,26-,27?,30?,31?/m0/s1. The van der Waals surface area contributed by atoms with Gasteiger partial charge in [-0.25, -0.2) is 4.79 Å². The Kier molecular flexibility index (Phi) is 14.1. The van der Waals surface area contributed by atoms with Gasteiger partial charge < -0.3 is 50.6 Å². The van der Waals surface area contributed by atoms with Gasteiger partial charge in [0.25, 0.3) is 11.5 Å². The molecule has 17 nitrogen and oxygen atoms in total. The van der Waals surface area contributed by atoms with Crippen LogP contribution in [0.2, 0.25) is 0 Å². The van der Waals surface area contributed by atoms with Crippen molar-refractivity contribution in [2.45, 2.75) is 120 Å². The summed E-state index contributed by atoms with van der Waals surface area (Å²) in [4.78, 5) is 56.4. The van der Waals surface area contributed by atoms with E-state index >= 15 is 0 Å². The number of amides is 2. The second-order valence-corrected chi connectivity index (χ2v) is 13.0. The Hall–Kier alpha value is -3.00. The number of aliphatic hydroxyl groups excluding tert-OH is 4. The van der Waals surface area contributed by atoms with Gasteiger partial charge >= 0.3 is 5.69 Å². The average molecular weight is 697 g/mol. The highest BCUT2D eigenvalue weighted by Crippen LogP contribution is 2.36. The molecule has 0 aliphatic carbocycles. The largest absolute Gasteiger partial charge is 0.387 e. The summed E-state index contributed by atoms with van der Waals surface area (Å²) in [5.74, 6) is -1.09. The first-order chi connectivity index (χ1) is 23.4. The minimum Gasteiger partial charge on any atom is -0.387 e. The van der Waals surface area contributed by atoms with Crippen LogP contribution in [-0.4, -0.2) is 140 Å². The highest BCUT2D eigenvalue weighted by molar-refractivity contribution is 5.99. The van der Waals surface area contributed by atoms with Crippen LogP contribution < -0.4 is 22.3 Å². The first-order valence-corrected chi connectivity index (χ1v) is 17.1. The highest BCUT2D eigenvalue weighted by Gasteiger charge is 2.55. The van der Waals surface area contributed by atoms with Gasteiger partial charge in [0.2, 0.25) is 5.91 Å². The number of carbonyl (C=O) groups is 2. The average Bonchev–Trinajstić information content (AvgIpc) is 3.47. The van der Waals surface area contributed by atoms with Crippen LogP contribution in [-0.2, 0) is 23.8 Å². The molecule has 0 spiro atoms. The van der Waals surface area contributed by atoms with E-state index in [2.05, 4.69) is 17.2 Å². The zero-order valence-electron chi connectivity index (χ0n) is 28.3. The number of hydrogen-bond donors (Lipinski definition) is 7. The van der Waals surface area contributed by atoms with Gasteiger partial charge in [-0.15, -0.1) is 0 Å². The fourth-order valence-corrected chi connectivity index (χ4v) is 6.50. The van der Waals surface area contributed by atoms with Crippen molar-refractivity contribution in [3.63, 3.8) is 0 Å². The molecule has 2 amide bonds. The van der Waals surface area contributed by atoms with Crippen molar-refractivity contribution in [2.75, 3.05) is 33.7 Å². The topological polar surface area (TPSA) is 242 Å². The molecule has 0 bridgehead atoms. The predicted molar refractivity (Wildman–Crippen MR) is 175 cm³/mol. The van der Waals surface area contributed by atoms with Crippen LogP contribution in [0.25, 0.3) is 0 Å². The normalized spacial score (nSPS) is 31.5. The van der Waals surface area contributed by atoms with Crippen LogP contribution in [0.15, 0.2) is 33.6 Å². The molecule has 49 heavy (non-hydrogen) atoms. The molecular formula is C32H52N6O11. The summed E-state index contributed by atoms with van der Waals surface area (Å²) in [6, 6.07) is -0.269. The lowest BCUT2D eigenvalue weighted by Crippen LogP contribution is -2.59. The SMILES string of the molecule is CCCCCCCCCCNC(=O)C1=CCN(C)[C@@H]([C@H](OC2OC(CN)C(O)C2O)C2OC(n3ccc(=O)[nH]c3=O)C(O)C2O)C(=O)N1C. The van der Waals surface area contributed by atoms with Crippen molar-refractivity contribution in [1.82, 2.24) is 24.7 Å². The van der Waals surface area contributed by atoms with Crippen molar-refractivity contribution in [3.05, 3.63) is 44.9 Å². The second kappa shape index (κ2) is 17.8. The van der Waals surface area contributed by atoms with Gasteiger partial charge in [0.15, 0.2) is 12.5 Å². The van der Waals surface area contributed by atoms with Gasteiger partial charge in [-0.3, -0.25) is 28.8 Å². The number of aromatic amines is 1. The molecule has 17 heteroatoms. The van der Waals surface area contributed by atoms with E-state index in [9.17, 15) is 39.6 Å². The van der Waals surface area contributed by atoms with E-state index in [4.69, 9.17) is 19.9 Å². The first-order valence-electron chi connectivity index (χ1n) is 17.1. The Bertz CT molecular complexity index is 1400. The minimum absolute atomic E-state index is 0.0669. The van der Waals surface area contributed by atoms with Crippen LogP contribution in [0.3, 0.4) is 0 Å². The van der Waals surface area contributed by atoms with E-state index in [1.54, 1.807) is 18.0 Å². The molecule has 1 aromatic heterocycles. The summed E-state index contributed by atoms with van der Waals surface area (Å²) in [5, 5.41) is 46.3. The lowest BCUT2D eigenvalue weighted by Gasteiger charge is -2.38. The van der Waals surface area contributed by atoms with Crippen molar-refractivity contribution in [2.24, 2.45) is 5.73 Å². The van der Waals surface area contributed by atoms with Gasteiger partial charge in [0.05, 0.1) is 0 Å². The zero-order valence-corrected chi connectivity index (χ0v) is 28.3. The van der Waals surface area contributed by atoms with E-state index in [1.165, 1.54) is 37.6 Å². The Labute approximate surface area is 284 Å². The molecule has 2 saturated heterocycles. The fraction of sp³-hybridized carbons (Fsp3) is 0.750. The Balaban J connectivity index is 1.53. The number of nitrogens with two attached hydrogens (primary N) is 1. The molecular weight excluding hydrogens is 644 g/mol. The van der Waals surface area contributed by atoms with Gasteiger partial charge in [-0.2, -0.15) is 0 Å². The number of hydrogen-bond acceptors (Lipinski definition) is 13. The van der Waals surface area contributed by atoms with Crippen molar-refractivity contribution in [3.8, 4) is 0 Å². The Morgan fingerprint density at radius 1 is 1.00 bits per heavy atom. The van der Waals surface area contributed by atoms with Crippen molar-refractivity contribution in [1.29, 1.82) is 0 Å². The molecule has 8 unspecified atom stereocenters. The monoisotopic (exact) mass is 696 g/mol. The molecule has 0 radical (unpaired) electrons. The van der Waals surface area contributed by atoms with E-state index in [1.807, 2.05) is 0 Å². The van der Waals surface area contributed by atoms with Gasteiger partial charge in [-0.05, 0) is 19.5 Å². The molecule has 4 rings (SSSR count). The van der Waals surface area contributed by atoms with Gasteiger partial charge in [-0.1, -0.05) is 51.9 Å². The van der Waals surface area contributed by atoms with E-state index in [0.29, 0.717) is 6.54 Å². The molecule has 8 N–H and O–H groups in total. The molecule has 1 aromatic rings. The number of unbranched alkanes of at least 4 members (excludes halogenated alkanes) is 7. The van der Waals surface area contributed by atoms with Crippen LogP contribution in [0, 0.1) is 0 Å². The van der Waals surface area contributed by atoms with Crippen LogP contribution in [0.1, 0.15) is 64.5 Å². The highest BCUT2D eigenvalue weighted by atomic mass is 16.7. The molecule has 4 heterocycles. The van der Waals surface area contributed by atoms with Crippen molar-refractivity contribution < 1.29 is 44.2 Å². The third-order valence-corrected chi connectivity index (χ3v) is 9.42. The minimum atomic E-state index is -1.75. The molecule has 3 aliphatic heterocycles. The number of H-pyrrole nitrogens is 1. The number of rotatable bonds is 16. The number of nitrogens with one attached hydrogen (secondary N) is 2. The summed E-state index contributed by atoms with van der Waals surface area (Å²) in [7, 11) is 3.00. The van der Waals surface area contributed by atoms with Crippen LogP contribution in [0.5, 0.6) is 0 Å².